The van der Waals surface area contributed by atoms with Crippen LogP contribution in [0.2, 0.25) is 0 Å². The first kappa shape index (κ1) is 16.2. The van der Waals surface area contributed by atoms with Gasteiger partial charge in [0.1, 0.15) is 0 Å². The molecule has 1 aromatic rings. The fraction of sp³-hybridized carbons (Fsp3) is 0.632. The minimum atomic E-state index is 0.483. The Kier molecular flexibility index (Phi) is 5.78. The summed E-state index contributed by atoms with van der Waals surface area (Å²) in [5, 5.41) is 7.01. The highest BCUT2D eigenvalue weighted by molar-refractivity contribution is 5.80. The molecule has 2 aliphatic rings. The summed E-state index contributed by atoms with van der Waals surface area (Å²) < 4.78 is 0. The summed E-state index contributed by atoms with van der Waals surface area (Å²) in [6, 6.07) is 11.2. The maximum atomic E-state index is 4.75. The van der Waals surface area contributed by atoms with Crippen molar-refractivity contribution in [1.29, 1.82) is 0 Å². The second kappa shape index (κ2) is 8.23. The van der Waals surface area contributed by atoms with E-state index in [1.807, 2.05) is 0 Å². The first-order valence-corrected chi connectivity index (χ1v) is 9.20. The number of nitrogens with one attached hydrogen (secondary N) is 2. The maximum Gasteiger partial charge on any atom is 0.191 e. The number of anilines is 1. The van der Waals surface area contributed by atoms with Gasteiger partial charge in [0.2, 0.25) is 0 Å². The van der Waals surface area contributed by atoms with Crippen molar-refractivity contribution in [3.63, 3.8) is 0 Å². The molecule has 0 aromatic heterocycles. The molecule has 0 spiro atoms. The Labute approximate surface area is 140 Å². The summed E-state index contributed by atoms with van der Waals surface area (Å²) in [6.45, 7) is 6.16. The quantitative estimate of drug-likeness (QED) is 0.462. The normalized spacial score (nSPS) is 21.5. The van der Waals surface area contributed by atoms with Crippen LogP contribution in [0.15, 0.2) is 35.3 Å². The summed E-state index contributed by atoms with van der Waals surface area (Å²) in [6.07, 6.45) is 6.64. The molecule has 23 heavy (non-hydrogen) atoms. The Morgan fingerprint density at radius 3 is 2.78 bits per heavy atom. The van der Waals surface area contributed by atoms with Gasteiger partial charge < -0.3 is 15.5 Å². The largest absolute Gasteiger partial charge is 0.369 e. The van der Waals surface area contributed by atoms with Crippen molar-refractivity contribution in [3.05, 3.63) is 30.3 Å². The minimum absolute atomic E-state index is 0.483. The second-order valence-electron chi connectivity index (χ2n) is 6.76. The van der Waals surface area contributed by atoms with Gasteiger partial charge in [0.15, 0.2) is 5.96 Å². The zero-order valence-corrected chi connectivity index (χ0v) is 14.3. The first-order chi connectivity index (χ1) is 11.3. The monoisotopic (exact) mass is 314 g/mol. The average Bonchev–Trinajstić information content (AvgIpc) is 3.29. The van der Waals surface area contributed by atoms with E-state index in [0.29, 0.717) is 6.04 Å². The van der Waals surface area contributed by atoms with Gasteiger partial charge in [-0.05, 0) is 44.2 Å². The van der Waals surface area contributed by atoms with E-state index in [2.05, 4.69) is 52.8 Å². The molecule has 0 amide bonds. The van der Waals surface area contributed by atoms with Crippen LogP contribution >= 0.6 is 0 Å². The van der Waals surface area contributed by atoms with Crippen molar-refractivity contribution in [2.45, 2.75) is 45.1 Å². The molecule has 1 unspecified atom stereocenters. The first-order valence-electron chi connectivity index (χ1n) is 9.20. The topological polar surface area (TPSA) is 39.7 Å². The molecule has 0 radical (unpaired) electrons. The third-order valence-corrected chi connectivity index (χ3v) is 4.73. The summed E-state index contributed by atoms with van der Waals surface area (Å²) in [5.41, 5.74) is 1.32. The Bertz CT molecular complexity index is 495. The third-order valence-electron chi connectivity index (χ3n) is 4.73. The van der Waals surface area contributed by atoms with E-state index >= 15 is 0 Å². The molecule has 1 heterocycles. The lowest BCUT2D eigenvalue weighted by Gasteiger charge is -2.20. The zero-order valence-electron chi connectivity index (χ0n) is 14.3. The number of hydrogen-bond donors (Lipinski definition) is 2. The van der Waals surface area contributed by atoms with Gasteiger partial charge >= 0.3 is 0 Å². The van der Waals surface area contributed by atoms with Crippen LogP contribution in [0.4, 0.5) is 5.69 Å². The fourth-order valence-corrected chi connectivity index (χ4v) is 3.24. The molecular weight excluding hydrogens is 284 g/mol. The molecule has 4 nitrogen and oxygen atoms in total. The average molecular weight is 314 g/mol. The van der Waals surface area contributed by atoms with Crippen molar-refractivity contribution in [1.82, 2.24) is 10.6 Å². The highest BCUT2D eigenvalue weighted by atomic mass is 15.2. The molecule has 3 rings (SSSR count). The molecule has 126 valence electrons. The molecule has 1 aliphatic heterocycles. The van der Waals surface area contributed by atoms with Gasteiger partial charge in [0, 0.05) is 37.9 Å². The van der Waals surface area contributed by atoms with Crippen LogP contribution < -0.4 is 15.5 Å². The molecule has 2 N–H and O–H groups in total. The molecule has 1 saturated heterocycles. The van der Waals surface area contributed by atoms with Gasteiger partial charge in [-0.3, -0.25) is 4.99 Å². The molecule has 0 bridgehead atoms. The lowest BCUT2D eigenvalue weighted by Crippen LogP contribution is -2.44. The summed E-state index contributed by atoms with van der Waals surface area (Å²) in [7, 11) is 0. The van der Waals surface area contributed by atoms with Crippen molar-refractivity contribution in [2.24, 2.45) is 10.9 Å². The predicted octanol–water partition coefficient (Wildman–Crippen LogP) is 3.01. The van der Waals surface area contributed by atoms with Crippen LogP contribution in [0.1, 0.15) is 39.0 Å². The van der Waals surface area contributed by atoms with Crippen LogP contribution in [0, 0.1) is 5.92 Å². The van der Waals surface area contributed by atoms with Crippen molar-refractivity contribution in [3.8, 4) is 0 Å². The molecule has 1 aromatic carbocycles. The van der Waals surface area contributed by atoms with E-state index in [9.17, 15) is 0 Å². The molecule has 1 atom stereocenters. The van der Waals surface area contributed by atoms with Gasteiger partial charge in [-0.15, -0.1) is 0 Å². The Morgan fingerprint density at radius 2 is 2.04 bits per heavy atom. The highest BCUT2D eigenvalue weighted by Gasteiger charge is 2.23. The van der Waals surface area contributed by atoms with E-state index < -0.39 is 0 Å². The minimum Gasteiger partial charge on any atom is -0.369 e. The zero-order chi connectivity index (χ0) is 15.9. The second-order valence-corrected chi connectivity index (χ2v) is 6.76. The van der Waals surface area contributed by atoms with Gasteiger partial charge in [-0.2, -0.15) is 0 Å². The van der Waals surface area contributed by atoms with Gasteiger partial charge in [-0.25, -0.2) is 0 Å². The van der Waals surface area contributed by atoms with Gasteiger partial charge in [0.05, 0.1) is 0 Å². The summed E-state index contributed by atoms with van der Waals surface area (Å²) in [4.78, 5) is 7.20. The maximum absolute atomic E-state index is 4.75. The fourth-order valence-electron chi connectivity index (χ4n) is 3.24. The van der Waals surface area contributed by atoms with Crippen LogP contribution in [-0.2, 0) is 0 Å². The summed E-state index contributed by atoms with van der Waals surface area (Å²) in [5.74, 6) is 2.00. The number of hydrogen-bond acceptors (Lipinski definition) is 2. The lowest BCUT2D eigenvalue weighted by atomic mass is 10.2. The standard InChI is InChI=1S/C19H30N4/c1-2-20-19(21-13-6-7-16-10-11-16)22-17-12-14-23(15-17)18-8-4-3-5-9-18/h3-5,8-9,16-17H,2,6-7,10-15H2,1H3,(H2,20,21,22). The van der Waals surface area contributed by atoms with Crippen molar-refractivity contribution in [2.75, 3.05) is 31.1 Å². The SMILES string of the molecule is CCNC(=NCCCC1CC1)NC1CCN(c2ccccc2)C1. The molecule has 4 heteroatoms. The van der Waals surface area contributed by atoms with E-state index in [-0.39, 0.29) is 0 Å². The number of guanidine groups is 1. The lowest BCUT2D eigenvalue weighted by molar-refractivity contribution is 0.639. The van der Waals surface area contributed by atoms with Gasteiger partial charge in [-0.1, -0.05) is 31.0 Å². The van der Waals surface area contributed by atoms with E-state index in [1.165, 1.54) is 37.8 Å². The predicted molar refractivity (Wildman–Crippen MR) is 98.1 cm³/mol. The number of aliphatic imine (C=N–C) groups is 1. The molecule has 2 fully saturated rings. The van der Waals surface area contributed by atoms with Crippen LogP contribution in [0.3, 0.4) is 0 Å². The Hall–Kier alpha value is -1.71. The summed E-state index contributed by atoms with van der Waals surface area (Å²) >= 11 is 0. The van der Waals surface area contributed by atoms with Crippen LogP contribution in [0.25, 0.3) is 0 Å². The van der Waals surface area contributed by atoms with E-state index in [4.69, 9.17) is 4.99 Å². The smallest absolute Gasteiger partial charge is 0.191 e. The van der Waals surface area contributed by atoms with Crippen LogP contribution in [0.5, 0.6) is 0 Å². The number of rotatable bonds is 7. The Morgan fingerprint density at radius 1 is 1.22 bits per heavy atom. The van der Waals surface area contributed by atoms with Crippen molar-refractivity contribution < 1.29 is 0 Å². The molecule has 1 saturated carbocycles. The number of para-hydroxylation sites is 1. The Balaban J connectivity index is 1.46. The van der Waals surface area contributed by atoms with E-state index in [0.717, 1.165) is 38.1 Å². The van der Waals surface area contributed by atoms with Gasteiger partial charge in [0.25, 0.3) is 0 Å². The highest BCUT2D eigenvalue weighted by Crippen LogP contribution is 2.33. The number of nitrogens with zero attached hydrogens (tertiary/aromatic N) is 2. The van der Waals surface area contributed by atoms with E-state index in [1.54, 1.807) is 0 Å². The number of benzene rings is 1. The molecular formula is C19H30N4. The van der Waals surface area contributed by atoms with Crippen molar-refractivity contribution >= 4 is 11.6 Å². The third kappa shape index (κ3) is 5.15. The van der Waals surface area contributed by atoms with Crippen LogP contribution in [-0.4, -0.2) is 38.2 Å². The molecule has 1 aliphatic carbocycles.